The van der Waals surface area contributed by atoms with Gasteiger partial charge in [-0.05, 0) is 23.4 Å². The summed E-state index contributed by atoms with van der Waals surface area (Å²) >= 11 is 6.28. The molecule has 0 saturated heterocycles. The molecule has 0 aliphatic rings. The van der Waals surface area contributed by atoms with Crippen LogP contribution >= 0.6 is 11.6 Å². The van der Waals surface area contributed by atoms with Crippen LogP contribution in [0.5, 0.6) is 5.75 Å². The molecule has 0 heterocycles. The Morgan fingerprint density at radius 1 is 1.25 bits per heavy atom. The molecule has 0 saturated carbocycles. The Morgan fingerprint density at radius 2 is 1.88 bits per heavy atom. The van der Waals surface area contributed by atoms with Gasteiger partial charge in [0, 0.05) is 5.39 Å². The molecule has 16 heavy (non-hydrogen) atoms. The average Bonchev–Trinajstić information content (AvgIpc) is 2.31. The van der Waals surface area contributed by atoms with Gasteiger partial charge < -0.3 is 4.74 Å². The van der Waals surface area contributed by atoms with Crippen molar-refractivity contribution in [3.8, 4) is 5.75 Å². The van der Waals surface area contributed by atoms with E-state index < -0.39 is 0 Å². The summed E-state index contributed by atoms with van der Waals surface area (Å²) in [5, 5.41) is 2.81. The maximum absolute atomic E-state index is 6.28. The second-order valence-electron chi connectivity index (χ2n) is 3.64. The number of methoxy groups -OCH3 is 1. The zero-order chi connectivity index (χ0) is 11.7. The number of halogens is 1. The van der Waals surface area contributed by atoms with Gasteiger partial charge in [0.1, 0.15) is 5.75 Å². The Morgan fingerprint density at radius 3 is 2.44 bits per heavy atom. The van der Waals surface area contributed by atoms with Gasteiger partial charge in [0.25, 0.3) is 0 Å². The van der Waals surface area contributed by atoms with Crippen LogP contribution in [0.1, 0.15) is 11.1 Å². The Balaban J connectivity index is 3.00. The molecule has 0 radical (unpaired) electrons. The second-order valence-corrected chi connectivity index (χ2v) is 4.01. The van der Waals surface area contributed by atoms with E-state index in [2.05, 4.69) is 12.6 Å². The van der Waals surface area contributed by atoms with E-state index in [0.29, 0.717) is 5.02 Å². The van der Waals surface area contributed by atoms with Crippen molar-refractivity contribution in [1.82, 2.24) is 0 Å². The van der Waals surface area contributed by atoms with E-state index in [1.807, 2.05) is 31.2 Å². The standard InChI is InChI=1S/C14H13ClO/c1-4-10-9(2)13(15)14(16-3)12-8-6-5-7-11(10)12/h4-8H,1H2,2-3H3. The van der Waals surface area contributed by atoms with E-state index in [-0.39, 0.29) is 0 Å². The average molecular weight is 233 g/mol. The van der Waals surface area contributed by atoms with Gasteiger partial charge in [0.15, 0.2) is 0 Å². The SMILES string of the molecule is C=Cc1c(C)c(Cl)c(OC)c2ccccc12. The topological polar surface area (TPSA) is 9.23 Å². The molecule has 0 aromatic heterocycles. The van der Waals surface area contributed by atoms with Gasteiger partial charge in [0.2, 0.25) is 0 Å². The Hall–Kier alpha value is -1.47. The van der Waals surface area contributed by atoms with Crippen molar-refractivity contribution in [3.05, 3.63) is 47.0 Å². The molecule has 0 amide bonds. The minimum Gasteiger partial charge on any atom is -0.495 e. The van der Waals surface area contributed by atoms with Crippen molar-refractivity contribution < 1.29 is 4.74 Å². The van der Waals surface area contributed by atoms with Gasteiger partial charge in [0.05, 0.1) is 12.1 Å². The van der Waals surface area contributed by atoms with Crippen molar-refractivity contribution in [1.29, 1.82) is 0 Å². The van der Waals surface area contributed by atoms with Crippen LogP contribution in [0.2, 0.25) is 5.02 Å². The summed E-state index contributed by atoms with van der Waals surface area (Å²) in [6.45, 7) is 5.82. The van der Waals surface area contributed by atoms with E-state index in [0.717, 1.165) is 27.6 Å². The number of benzene rings is 2. The predicted octanol–water partition coefficient (Wildman–Crippen LogP) is 4.45. The maximum Gasteiger partial charge on any atom is 0.145 e. The first-order chi connectivity index (χ1) is 7.70. The van der Waals surface area contributed by atoms with E-state index >= 15 is 0 Å². The van der Waals surface area contributed by atoms with Crippen LogP contribution in [-0.2, 0) is 0 Å². The minimum atomic E-state index is 0.663. The summed E-state index contributed by atoms with van der Waals surface area (Å²) in [4.78, 5) is 0. The van der Waals surface area contributed by atoms with Gasteiger partial charge in [-0.15, -0.1) is 0 Å². The van der Waals surface area contributed by atoms with Crippen molar-refractivity contribution in [2.45, 2.75) is 6.92 Å². The first-order valence-corrected chi connectivity index (χ1v) is 5.45. The predicted molar refractivity (Wildman–Crippen MR) is 70.3 cm³/mol. The molecule has 0 N–H and O–H groups in total. The third-order valence-corrected chi connectivity index (χ3v) is 3.26. The molecule has 0 aliphatic carbocycles. The van der Waals surface area contributed by atoms with Gasteiger partial charge in [-0.2, -0.15) is 0 Å². The van der Waals surface area contributed by atoms with Crippen LogP contribution in [0.25, 0.3) is 16.8 Å². The van der Waals surface area contributed by atoms with Crippen LogP contribution in [0.15, 0.2) is 30.8 Å². The lowest BCUT2D eigenvalue weighted by molar-refractivity contribution is 0.419. The number of hydrogen-bond donors (Lipinski definition) is 0. The second kappa shape index (κ2) is 4.18. The molecule has 0 atom stereocenters. The molecule has 0 spiro atoms. The summed E-state index contributed by atoms with van der Waals surface area (Å²) in [7, 11) is 1.64. The third-order valence-electron chi connectivity index (χ3n) is 2.80. The number of rotatable bonds is 2. The number of fused-ring (bicyclic) bond motifs is 1. The molecular weight excluding hydrogens is 220 g/mol. The smallest absolute Gasteiger partial charge is 0.145 e. The van der Waals surface area contributed by atoms with Crippen molar-refractivity contribution in [2.75, 3.05) is 7.11 Å². The van der Waals surface area contributed by atoms with Crippen LogP contribution in [-0.4, -0.2) is 7.11 Å². The highest BCUT2D eigenvalue weighted by Crippen LogP contribution is 2.39. The zero-order valence-corrected chi connectivity index (χ0v) is 10.1. The molecule has 0 fully saturated rings. The lowest BCUT2D eigenvalue weighted by atomic mass is 9.99. The summed E-state index contributed by atoms with van der Waals surface area (Å²) in [6.07, 6.45) is 1.84. The fourth-order valence-electron chi connectivity index (χ4n) is 1.99. The number of hydrogen-bond acceptors (Lipinski definition) is 1. The van der Waals surface area contributed by atoms with Gasteiger partial charge in [-0.1, -0.05) is 48.5 Å². The maximum atomic E-state index is 6.28. The molecule has 2 rings (SSSR count). The molecule has 2 aromatic rings. The molecule has 1 nitrogen and oxygen atoms in total. The highest BCUT2D eigenvalue weighted by atomic mass is 35.5. The summed E-state index contributed by atoms with van der Waals surface area (Å²) < 4.78 is 5.37. The molecule has 2 heteroatoms. The van der Waals surface area contributed by atoms with Crippen LogP contribution in [0.3, 0.4) is 0 Å². The molecular formula is C14H13ClO. The van der Waals surface area contributed by atoms with Gasteiger partial charge >= 0.3 is 0 Å². The Labute approximate surface area is 100 Å². The quantitative estimate of drug-likeness (QED) is 0.743. The first-order valence-electron chi connectivity index (χ1n) is 5.08. The fraction of sp³-hybridized carbons (Fsp3) is 0.143. The van der Waals surface area contributed by atoms with Gasteiger partial charge in [-0.3, -0.25) is 0 Å². The first kappa shape index (κ1) is 11.0. The molecule has 82 valence electrons. The van der Waals surface area contributed by atoms with Gasteiger partial charge in [-0.25, -0.2) is 0 Å². The molecule has 0 aliphatic heterocycles. The minimum absolute atomic E-state index is 0.663. The van der Waals surface area contributed by atoms with Crippen LogP contribution in [0.4, 0.5) is 0 Å². The van der Waals surface area contributed by atoms with E-state index in [4.69, 9.17) is 16.3 Å². The molecule has 0 unspecified atom stereocenters. The Kier molecular flexibility index (Phi) is 2.88. The normalized spacial score (nSPS) is 10.4. The van der Waals surface area contributed by atoms with E-state index in [9.17, 15) is 0 Å². The van der Waals surface area contributed by atoms with Crippen molar-refractivity contribution in [2.24, 2.45) is 0 Å². The lowest BCUT2D eigenvalue weighted by Gasteiger charge is -2.13. The summed E-state index contributed by atoms with van der Waals surface area (Å²) in [5.74, 6) is 0.736. The monoisotopic (exact) mass is 232 g/mol. The van der Waals surface area contributed by atoms with E-state index in [1.54, 1.807) is 7.11 Å². The van der Waals surface area contributed by atoms with Crippen molar-refractivity contribution >= 4 is 28.4 Å². The largest absolute Gasteiger partial charge is 0.495 e. The fourth-order valence-corrected chi connectivity index (χ4v) is 2.27. The number of ether oxygens (including phenoxy) is 1. The zero-order valence-electron chi connectivity index (χ0n) is 9.38. The van der Waals surface area contributed by atoms with Crippen molar-refractivity contribution in [3.63, 3.8) is 0 Å². The lowest BCUT2D eigenvalue weighted by Crippen LogP contribution is -1.92. The highest BCUT2D eigenvalue weighted by Gasteiger charge is 2.13. The Bertz CT molecular complexity index is 558. The highest BCUT2D eigenvalue weighted by molar-refractivity contribution is 6.34. The third kappa shape index (κ3) is 1.48. The summed E-state index contributed by atoms with van der Waals surface area (Å²) in [5.41, 5.74) is 2.08. The molecule has 0 bridgehead atoms. The van der Waals surface area contributed by atoms with Crippen LogP contribution < -0.4 is 4.74 Å². The molecule has 2 aromatic carbocycles. The summed E-state index contributed by atoms with van der Waals surface area (Å²) in [6, 6.07) is 8.04. The van der Waals surface area contributed by atoms with Crippen LogP contribution in [0, 0.1) is 6.92 Å². The van der Waals surface area contributed by atoms with E-state index in [1.165, 1.54) is 0 Å².